The molecule has 1 aliphatic rings. The third-order valence-electron chi connectivity index (χ3n) is 6.62. The minimum Gasteiger partial charge on any atom is -0.507 e. The van der Waals surface area contributed by atoms with Crippen LogP contribution in [0, 0.1) is 5.82 Å². The minimum atomic E-state index is -0.523. The predicted molar refractivity (Wildman–Crippen MR) is 144 cm³/mol. The summed E-state index contributed by atoms with van der Waals surface area (Å²) in [4.78, 5) is 18.8. The van der Waals surface area contributed by atoms with Crippen molar-refractivity contribution in [2.24, 2.45) is 7.05 Å². The summed E-state index contributed by atoms with van der Waals surface area (Å²) >= 11 is 6.54. The molecule has 0 fully saturated rings. The Kier molecular flexibility index (Phi) is 5.68. The first-order chi connectivity index (χ1) is 18.3. The number of phenolic OH excluding ortho intramolecular Hbond substituents is 1. The van der Waals surface area contributed by atoms with Gasteiger partial charge in [-0.3, -0.25) is 4.57 Å². The number of anilines is 1. The van der Waals surface area contributed by atoms with Crippen LogP contribution in [-0.4, -0.2) is 41.9 Å². The van der Waals surface area contributed by atoms with Gasteiger partial charge in [0.15, 0.2) is 5.65 Å². The Bertz CT molecular complexity index is 1800. The van der Waals surface area contributed by atoms with Gasteiger partial charge in [0.2, 0.25) is 0 Å². The quantitative estimate of drug-likeness (QED) is 0.359. The smallest absolute Gasteiger partial charge is 0.332 e. The van der Waals surface area contributed by atoms with E-state index in [1.165, 1.54) is 27.6 Å². The molecule has 0 unspecified atom stereocenters. The van der Waals surface area contributed by atoms with E-state index in [-0.39, 0.29) is 22.0 Å². The van der Waals surface area contributed by atoms with Crippen molar-refractivity contribution in [3.8, 4) is 33.7 Å². The number of aromatic nitrogens is 5. The number of nitrogens with zero attached hydrogens (tertiary/aromatic N) is 6. The molecule has 2 aromatic carbocycles. The molecule has 9 nitrogen and oxygen atoms in total. The number of phenols is 1. The van der Waals surface area contributed by atoms with Crippen LogP contribution in [0.2, 0.25) is 5.02 Å². The van der Waals surface area contributed by atoms with E-state index in [0.717, 1.165) is 17.9 Å². The SMILES string of the molecule is CC1=CN(c2cc(-c3cc(F)cc(-c4ccc(-n5ccn(C)c5=O)c(Cl)c4)c3O)cn3ncnc23)CCN1. The van der Waals surface area contributed by atoms with Crippen LogP contribution in [0.4, 0.5) is 10.1 Å². The number of hydrogen-bond acceptors (Lipinski definition) is 6. The van der Waals surface area contributed by atoms with E-state index < -0.39 is 5.82 Å². The summed E-state index contributed by atoms with van der Waals surface area (Å²) in [7, 11) is 1.65. The van der Waals surface area contributed by atoms with Gasteiger partial charge in [-0.2, -0.15) is 5.10 Å². The van der Waals surface area contributed by atoms with Crippen molar-refractivity contribution in [2.75, 3.05) is 18.0 Å². The van der Waals surface area contributed by atoms with Crippen LogP contribution < -0.4 is 15.9 Å². The summed E-state index contributed by atoms with van der Waals surface area (Å²) < 4.78 is 19.5. The first kappa shape index (κ1) is 23.8. The van der Waals surface area contributed by atoms with Gasteiger partial charge in [-0.25, -0.2) is 18.7 Å². The second-order valence-corrected chi connectivity index (χ2v) is 9.56. The number of allylic oxidation sites excluding steroid dienone is 1. The molecule has 0 amide bonds. The van der Waals surface area contributed by atoms with Crippen molar-refractivity contribution in [1.29, 1.82) is 0 Å². The number of pyridine rings is 1. The lowest BCUT2D eigenvalue weighted by Crippen LogP contribution is -2.34. The fraction of sp³-hybridized carbons (Fsp3) is 0.148. The highest BCUT2D eigenvalue weighted by Gasteiger charge is 2.20. The van der Waals surface area contributed by atoms with E-state index in [0.29, 0.717) is 34.6 Å². The van der Waals surface area contributed by atoms with Gasteiger partial charge in [0.1, 0.15) is 17.9 Å². The Balaban J connectivity index is 1.47. The van der Waals surface area contributed by atoms with Crippen LogP contribution in [-0.2, 0) is 7.05 Å². The van der Waals surface area contributed by atoms with Crippen molar-refractivity contribution in [3.05, 3.63) is 94.5 Å². The van der Waals surface area contributed by atoms with Crippen molar-refractivity contribution in [2.45, 2.75) is 6.92 Å². The molecule has 38 heavy (non-hydrogen) atoms. The first-order valence-electron chi connectivity index (χ1n) is 11.9. The third-order valence-corrected chi connectivity index (χ3v) is 6.93. The van der Waals surface area contributed by atoms with Gasteiger partial charge in [0, 0.05) is 67.3 Å². The lowest BCUT2D eigenvalue weighted by molar-refractivity contribution is 0.477. The van der Waals surface area contributed by atoms with Gasteiger partial charge in [-0.1, -0.05) is 17.7 Å². The zero-order valence-electron chi connectivity index (χ0n) is 20.6. The highest BCUT2D eigenvalue weighted by molar-refractivity contribution is 6.32. The Morgan fingerprint density at radius 1 is 1.08 bits per heavy atom. The number of nitrogens with one attached hydrogen (secondary N) is 1. The summed E-state index contributed by atoms with van der Waals surface area (Å²) in [5, 5.41) is 19.2. The van der Waals surface area contributed by atoms with Gasteiger partial charge < -0.3 is 19.9 Å². The number of fused-ring (bicyclic) bond motifs is 1. The highest BCUT2D eigenvalue weighted by atomic mass is 35.5. The van der Waals surface area contributed by atoms with Crippen LogP contribution in [0.15, 0.2) is 78.0 Å². The molecule has 0 saturated carbocycles. The van der Waals surface area contributed by atoms with Gasteiger partial charge in [0.05, 0.1) is 16.4 Å². The summed E-state index contributed by atoms with van der Waals surface area (Å²) in [5.41, 5.74) is 4.32. The van der Waals surface area contributed by atoms with Crippen LogP contribution in [0.3, 0.4) is 0 Å². The van der Waals surface area contributed by atoms with Gasteiger partial charge >= 0.3 is 5.69 Å². The molecule has 1 aliphatic heterocycles. The maximum absolute atomic E-state index is 15.0. The molecule has 0 saturated heterocycles. The number of benzene rings is 2. The van der Waals surface area contributed by atoms with Crippen LogP contribution in [0.5, 0.6) is 5.75 Å². The van der Waals surface area contributed by atoms with E-state index in [1.54, 1.807) is 48.4 Å². The first-order valence-corrected chi connectivity index (χ1v) is 12.3. The predicted octanol–water partition coefficient (Wildman–Crippen LogP) is 4.32. The van der Waals surface area contributed by atoms with E-state index in [4.69, 9.17) is 11.6 Å². The van der Waals surface area contributed by atoms with Crippen molar-refractivity contribution >= 4 is 22.9 Å². The monoisotopic (exact) mass is 531 g/mol. The third kappa shape index (κ3) is 3.99. The average molecular weight is 532 g/mol. The summed E-state index contributed by atoms with van der Waals surface area (Å²) in [6.07, 6.45) is 8.40. The van der Waals surface area contributed by atoms with E-state index in [1.807, 2.05) is 19.2 Å². The molecule has 5 aromatic rings. The van der Waals surface area contributed by atoms with Gasteiger partial charge in [-0.05, 0) is 42.8 Å². The summed E-state index contributed by atoms with van der Waals surface area (Å²) in [5.74, 6) is -0.630. The number of halogens is 2. The van der Waals surface area contributed by atoms with E-state index in [9.17, 15) is 14.3 Å². The normalized spacial score (nSPS) is 13.6. The Hall–Kier alpha value is -4.57. The van der Waals surface area contributed by atoms with Crippen LogP contribution in [0.1, 0.15) is 6.92 Å². The van der Waals surface area contributed by atoms with Crippen LogP contribution in [0.25, 0.3) is 33.6 Å². The van der Waals surface area contributed by atoms with Crippen molar-refractivity contribution < 1.29 is 9.50 Å². The Labute approximate surface area is 221 Å². The van der Waals surface area contributed by atoms with E-state index >= 15 is 0 Å². The fourth-order valence-electron chi connectivity index (χ4n) is 4.73. The molecule has 0 spiro atoms. The molecule has 11 heteroatoms. The van der Waals surface area contributed by atoms with Crippen LogP contribution >= 0.6 is 11.6 Å². The second-order valence-electron chi connectivity index (χ2n) is 9.15. The lowest BCUT2D eigenvalue weighted by Gasteiger charge is -2.27. The number of aromatic hydroxyl groups is 1. The molecule has 4 heterocycles. The molecule has 0 aliphatic carbocycles. The Morgan fingerprint density at radius 3 is 2.58 bits per heavy atom. The molecular weight excluding hydrogens is 509 g/mol. The largest absolute Gasteiger partial charge is 0.507 e. The molecule has 0 radical (unpaired) electrons. The molecule has 2 N–H and O–H groups in total. The minimum absolute atomic E-state index is 0.107. The second kappa shape index (κ2) is 9.07. The molecule has 3 aromatic heterocycles. The average Bonchev–Trinajstić information content (AvgIpc) is 3.51. The summed E-state index contributed by atoms with van der Waals surface area (Å²) in [6, 6.07) is 9.39. The lowest BCUT2D eigenvalue weighted by atomic mass is 9.97. The van der Waals surface area contributed by atoms with E-state index in [2.05, 4.69) is 20.3 Å². The zero-order valence-corrected chi connectivity index (χ0v) is 21.3. The van der Waals surface area contributed by atoms with Gasteiger partial charge in [0.25, 0.3) is 0 Å². The topological polar surface area (TPSA) is 92.6 Å². The number of aryl methyl sites for hydroxylation is 1. The molecule has 0 atom stereocenters. The number of hydrogen-bond donors (Lipinski definition) is 2. The van der Waals surface area contributed by atoms with Crippen molar-refractivity contribution in [1.82, 2.24) is 29.0 Å². The zero-order chi connectivity index (χ0) is 26.6. The Morgan fingerprint density at radius 2 is 1.87 bits per heavy atom. The maximum Gasteiger partial charge on any atom is 0.332 e. The number of imidazole rings is 1. The molecule has 6 rings (SSSR count). The maximum atomic E-state index is 15.0. The molecule has 192 valence electrons. The van der Waals surface area contributed by atoms with Gasteiger partial charge in [-0.15, -0.1) is 0 Å². The molecular formula is C27H23ClFN7O2. The van der Waals surface area contributed by atoms with Crippen molar-refractivity contribution in [3.63, 3.8) is 0 Å². The highest BCUT2D eigenvalue weighted by Crippen LogP contribution is 2.41. The summed E-state index contributed by atoms with van der Waals surface area (Å²) in [6.45, 7) is 3.44. The molecule has 0 bridgehead atoms. The fourth-order valence-corrected chi connectivity index (χ4v) is 5.00. The number of rotatable bonds is 4. The standard InChI is InChI=1S/C27H23ClFN7O2/c1-16-13-34(6-5-30-16)24-10-18(14-36-26(24)31-15-32-36)21-12-19(29)11-20(25(21)37)17-3-4-23(22(28)9-17)35-8-7-33(2)27(35)38/h3-4,7-15,30,37H,5-6H2,1-2H3.